The highest BCUT2D eigenvalue weighted by Crippen LogP contribution is 2.26. The Balaban J connectivity index is 1.57. The van der Waals surface area contributed by atoms with Gasteiger partial charge in [-0.25, -0.2) is 13.3 Å². The fraction of sp³-hybridized carbons (Fsp3) is 0.250. The van der Waals surface area contributed by atoms with Gasteiger partial charge < -0.3 is 15.8 Å². The minimum Gasteiger partial charge on any atom is -0.490 e. The Morgan fingerprint density at radius 2 is 2.00 bits per heavy atom. The lowest BCUT2D eigenvalue weighted by molar-refractivity contribution is 0.0949. The molecule has 0 unspecified atom stereocenters. The Kier molecular flexibility index (Phi) is 6.40. The molecule has 10 heteroatoms. The zero-order valence-electron chi connectivity index (χ0n) is 19.0. The fourth-order valence-electron chi connectivity index (χ4n) is 3.43. The van der Waals surface area contributed by atoms with E-state index >= 15 is 0 Å². The van der Waals surface area contributed by atoms with Crippen LogP contribution in [0.25, 0.3) is 16.8 Å². The number of nitrogens with one attached hydrogen (secondary N) is 1. The number of nitrogen functional groups attached to an aromatic ring is 1. The van der Waals surface area contributed by atoms with E-state index in [-0.39, 0.29) is 36.3 Å². The molecular formula is C24H24F2N6O2. The first-order chi connectivity index (χ1) is 16.2. The van der Waals surface area contributed by atoms with Crippen LogP contribution in [-0.4, -0.2) is 32.1 Å². The highest BCUT2D eigenvalue weighted by Gasteiger charge is 2.17. The van der Waals surface area contributed by atoms with E-state index in [0.717, 1.165) is 17.7 Å². The Hall–Kier alpha value is -4.08. The van der Waals surface area contributed by atoms with E-state index < -0.39 is 17.5 Å². The smallest absolute Gasteiger partial charge is 0.253 e. The van der Waals surface area contributed by atoms with Crippen LogP contribution in [-0.2, 0) is 6.54 Å². The molecule has 1 amide bonds. The lowest BCUT2D eigenvalue weighted by Crippen LogP contribution is -2.24. The highest BCUT2D eigenvalue weighted by molar-refractivity contribution is 5.96. The van der Waals surface area contributed by atoms with Crippen LogP contribution in [0.15, 0.2) is 42.7 Å². The largest absolute Gasteiger partial charge is 0.490 e. The monoisotopic (exact) mass is 466 g/mol. The Morgan fingerprint density at radius 1 is 1.21 bits per heavy atom. The number of pyridine rings is 2. The maximum atomic E-state index is 14.3. The average molecular weight is 466 g/mol. The molecular weight excluding hydrogens is 442 g/mol. The van der Waals surface area contributed by atoms with Gasteiger partial charge in [-0.1, -0.05) is 13.8 Å². The number of amides is 1. The minimum atomic E-state index is -0.811. The molecule has 1 aromatic carbocycles. The van der Waals surface area contributed by atoms with Gasteiger partial charge in [0, 0.05) is 36.1 Å². The molecule has 0 aliphatic carbocycles. The quantitative estimate of drug-likeness (QED) is 0.427. The number of carbonyl (C=O) groups excluding carboxylic acids is 1. The third-order valence-corrected chi connectivity index (χ3v) is 5.10. The van der Waals surface area contributed by atoms with Crippen LogP contribution in [0.2, 0.25) is 0 Å². The predicted molar refractivity (Wildman–Crippen MR) is 123 cm³/mol. The molecule has 3 aromatic heterocycles. The number of halogens is 2. The van der Waals surface area contributed by atoms with Crippen LogP contribution >= 0.6 is 0 Å². The van der Waals surface area contributed by atoms with Gasteiger partial charge in [0.1, 0.15) is 5.82 Å². The molecule has 0 aliphatic rings. The van der Waals surface area contributed by atoms with E-state index in [1.807, 2.05) is 19.9 Å². The van der Waals surface area contributed by atoms with Crippen LogP contribution in [0.5, 0.6) is 5.75 Å². The van der Waals surface area contributed by atoms with E-state index in [2.05, 4.69) is 20.4 Å². The molecule has 34 heavy (non-hydrogen) atoms. The first-order valence-electron chi connectivity index (χ1n) is 10.7. The van der Waals surface area contributed by atoms with Crippen LogP contribution in [0.1, 0.15) is 35.5 Å². The standard InChI is InChI=1S/C24H24F2N6O2/c1-13(2)12-34-22-17(6-18(25)9-20(22)26)11-29-23(33)19-7-16(10-28-14(19)3)15-4-5-32-21(8-15)30-24(27)31-32/h4-10,13H,11-12H2,1-3H3,(H2,27,31)(H,29,33). The van der Waals surface area contributed by atoms with E-state index in [9.17, 15) is 13.6 Å². The summed E-state index contributed by atoms with van der Waals surface area (Å²) >= 11 is 0. The second kappa shape index (κ2) is 9.42. The molecule has 4 rings (SSSR count). The maximum absolute atomic E-state index is 14.3. The summed E-state index contributed by atoms with van der Waals surface area (Å²) in [6, 6.07) is 7.21. The summed E-state index contributed by atoms with van der Waals surface area (Å²) in [4.78, 5) is 21.4. The maximum Gasteiger partial charge on any atom is 0.253 e. The molecule has 0 bridgehead atoms. The van der Waals surface area contributed by atoms with Gasteiger partial charge in [-0.05, 0) is 42.7 Å². The second-order valence-electron chi connectivity index (χ2n) is 8.31. The summed E-state index contributed by atoms with van der Waals surface area (Å²) in [5, 5.41) is 6.76. The van der Waals surface area contributed by atoms with Gasteiger partial charge in [0.15, 0.2) is 17.2 Å². The van der Waals surface area contributed by atoms with E-state index in [4.69, 9.17) is 10.5 Å². The first kappa shape index (κ1) is 23.1. The van der Waals surface area contributed by atoms with Crippen molar-refractivity contribution in [1.82, 2.24) is 24.9 Å². The van der Waals surface area contributed by atoms with Crippen LogP contribution < -0.4 is 15.8 Å². The van der Waals surface area contributed by atoms with Crippen molar-refractivity contribution < 1.29 is 18.3 Å². The van der Waals surface area contributed by atoms with Crippen LogP contribution in [0, 0.1) is 24.5 Å². The number of benzene rings is 1. The Bertz CT molecular complexity index is 1370. The van der Waals surface area contributed by atoms with Crippen molar-refractivity contribution in [2.45, 2.75) is 27.3 Å². The average Bonchev–Trinajstić information content (AvgIpc) is 3.16. The van der Waals surface area contributed by atoms with Crippen molar-refractivity contribution in [1.29, 1.82) is 0 Å². The summed E-state index contributed by atoms with van der Waals surface area (Å²) in [6.45, 7) is 5.69. The van der Waals surface area contributed by atoms with Gasteiger partial charge >= 0.3 is 0 Å². The molecule has 4 aromatic rings. The first-order valence-corrected chi connectivity index (χ1v) is 10.7. The highest BCUT2D eigenvalue weighted by atomic mass is 19.1. The van der Waals surface area contributed by atoms with E-state index in [1.165, 1.54) is 0 Å². The van der Waals surface area contributed by atoms with Crippen molar-refractivity contribution in [2.75, 3.05) is 12.3 Å². The topological polar surface area (TPSA) is 107 Å². The number of aromatic nitrogens is 4. The summed E-state index contributed by atoms with van der Waals surface area (Å²) < 4.78 is 35.2. The number of hydrogen-bond acceptors (Lipinski definition) is 6. The molecule has 0 fully saturated rings. The number of hydrogen-bond donors (Lipinski definition) is 2. The number of rotatable bonds is 7. The SMILES string of the molecule is Cc1ncc(-c2ccn3nc(N)nc3c2)cc1C(=O)NCc1cc(F)cc(F)c1OCC(C)C. The molecule has 3 N–H and O–H groups in total. The van der Waals surface area contributed by atoms with Crippen molar-refractivity contribution in [2.24, 2.45) is 5.92 Å². The van der Waals surface area contributed by atoms with Gasteiger partial charge in [0.25, 0.3) is 5.91 Å². The molecule has 0 spiro atoms. The molecule has 0 radical (unpaired) electrons. The van der Waals surface area contributed by atoms with Crippen molar-refractivity contribution in [3.05, 3.63) is 71.2 Å². The molecule has 0 saturated carbocycles. The molecule has 176 valence electrons. The van der Waals surface area contributed by atoms with Gasteiger partial charge in [-0.15, -0.1) is 5.10 Å². The zero-order valence-corrected chi connectivity index (χ0v) is 19.0. The summed E-state index contributed by atoms with van der Waals surface area (Å²) in [7, 11) is 0. The molecule has 3 heterocycles. The number of nitrogens with zero attached hydrogens (tertiary/aromatic N) is 4. The van der Waals surface area contributed by atoms with E-state index in [0.29, 0.717) is 22.5 Å². The van der Waals surface area contributed by atoms with E-state index in [1.54, 1.807) is 36.0 Å². The third-order valence-electron chi connectivity index (χ3n) is 5.10. The number of aryl methyl sites for hydroxylation is 1. The predicted octanol–water partition coefficient (Wildman–Crippen LogP) is 3.92. The van der Waals surface area contributed by atoms with Crippen LogP contribution in [0.4, 0.5) is 14.7 Å². The van der Waals surface area contributed by atoms with Gasteiger partial charge in [-0.3, -0.25) is 9.78 Å². The van der Waals surface area contributed by atoms with Crippen molar-refractivity contribution in [3.8, 4) is 16.9 Å². The van der Waals surface area contributed by atoms with Crippen molar-refractivity contribution >= 4 is 17.5 Å². The van der Waals surface area contributed by atoms with Gasteiger partial charge in [-0.2, -0.15) is 4.98 Å². The molecule has 8 nitrogen and oxygen atoms in total. The Labute approximate surface area is 194 Å². The zero-order chi connectivity index (χ0) is 24.4. The fourth-order valence-corrected chi connectivity index (χ4v) is 3.43. The number of carbonyl (C=O) groups is 1. The summed E-state index contributed by atoms with van der Waals surface area (Å²) in [6.07, 6.45) is 3.36. The molecule has 0 aliphatic heterocycles. The molecule has 0 saturated heterocycles. The third kappa shape index (κ3) is 4.95. The van der Waals surface area contributed by atoms with Gasteiger partial charge in [0.2, 0.25) is 5.95 Å². The van der Waals surface area contributed by atoms with Crippen LogP contribution in [0.3, 0.4) is 0 Å². The summed E-state index contributed by atoms with van der Waals surface area (Å²) in [5.41, 5.74) is 8.72. The lowest BCUT2D eigenvalue weighted by Gasteiger charge is -2.15. The second-order valence-corrected chi connectivity index (χ2v) is 8.31. The number of fused-ring (bicyclic) bond motifs is 1. The van der Waals surface area contributed by atoms with Gasteiger partial charge in [0.05, 0.1) is 17.9 Å². The normalized spacial score (nSPS) is 11.2. The van der Waals surface area contributed by atoms with Crippen molar-refractivity contribution in [3.63, 3.8) is 0 Å². The number of nitrogens with two attached hydrogens (primary N) is 1. The number of anilines is 1. The molecule has 0 atom stereocenters. The minimum absolute atomic E-state index is 0.0696. The lowest BCUT2D eigenvalue weighted by atomic mass is 10.0. The Morgan fingerprint density at radius 3 is 2.76 bits per heavy atom. The number of ether oxygens (including phenoxy) is 1. The summed E-state index contributed by atoms with van der Waals surface area (Å²) in [5.74, 6) is -1.75.